The zero-order valence-corrected chi connectivity index (χ0v) is 10.4. The minimum Gasteiger partial charge on any atom is -0.444 e. The lowest BCUT2D eigenvalue weighted by Gasteiger charge is -2.26. The average molecular weight is 241 g/mol. The van der Waals surface area contributed by atoms with Crippen LogP contribution in [0.1, 0.15) is 27.2 Å². The van der Waals surface area contributed by atoms with Crippen LogP contribution in [-0.2, 0) is 9.53 Å². The van der Waals surface area contributed by atoms with Gasteiger partial charge in [-0.3, -0.25) is 10.2 Å². The highest BCUT2D eigenvalue weighted by Gasteiger charge is 2.65. The van der Waals surface area contributed by atoms with Crippen molar-refractivity contribution < 1.29 is 14.3 Å². The summed E-state index contributed by atoms with van der Waals surface area (Å²) in [6, 6.07) is 0. The maximum atomic E-state index is 11.8. The normalized spacial score (nSPS) is 30.8. The van der Waals surface area contributed by atoms with Crippen molar-refractivity contribution in [2.75, 3.05) is 13.1 Å². The highest BCUT2D eigenvalue weighted by atomic mass is 16.6. The molecule has 0 bridgehead atoms. The fourth-order valence-corrected chi connectivity index (χ4v) is 2.44. The predicted molar refractivity (Wildman–Crippen MR) is 60.7 cm³/mol. The van der Waals surface area contributed by atoms with E-state index in [1.54, 1.807) is 4.90 Å². The minimum atomic E-state index is -0.507. The van der Waals surface area contributed by atoms with Gasteiger partial charge in [0.1, 0.15) is 5.60 Å². The Morgan fingerprint density at radius 1 is 1.47 bits per heavy atom. The molecule has 0 spiro atoms. The van der Waals surface area contributed by atoms with E-state index < -0.39 is 11.0 Å². The van der Waals surface area contributed by atoms with Crippen LogP contribution in [0.25, 0.3) is 0 Å². The summed E-state index contributed by atoms with van der Waals surface area (Å²) in [4.78, 5) is 25.0. The molecule has 1 aliphatic carbocycles. The van der Waals surface area contributed by atoms with Gasteiger partial charge in [-0.05, 0) is 33.1 Å². The second kappa shape index (κ2) is 3.60. The smallest absolute Gasteiger partial charge is 0.410 e. The Bertz CT molecular complexity index is 363. The summed E-state index contributed by atoms with van der Waals surface area (Å²) in [5.74, 6) is 5.21. The van der Waals surface area contributed by atoms with E-state index in [0.29, 0.717) is 13.1 Å². The molecule has 1 aliphatic heterocycles. The Morgan fingerprint density at radius 3 is 2.65 bits per heavy atom. The minimum absolute atomic E-state index is 0.173. The van der Waals surface area contributed by atoms with Crippen LogP contribution in [0.4, 0.5) is 4.79 Å². The molecule has 3 N–H and O–H groups in total. The summed E-state index contributed by atoms with van der Waals surface area (Å²) in [6.45, 7) is 6.47. The number of likely N-dealkylation sites (tertiary alicyclic amines) is 1. The van der Waals surface area contributed by atoms with Crippen LogP contribution in [0, 0.1) is 11.3 Å². The van der Waals surface area contributed by atoms with Gasteiger partial charge in [0.25, 0.3) is 0 Å². The van der Waals surface area contributed by atoms with E-state index in [-0.39, 0.29) is 17.9 Å². The number of hydrazine groups is 1. The van der Waals surface area contributed by atoms with Crippen LogP contribution in [0.15, 0.2) is 0 Å². The van der Waals surface area contributed by atoms with Crippen molar-refractivity contribution in [2.24, 2.45) is 17.2 Å². The number of hydrogen-bond acceptors (Lipinski definition) is 4. The molecule has 2 fully saturated rings. The first kappa shape index (κ1) is 12.2. The summed E-state index contributed by atoms with van der Waals surface area (Å²) in [6.07, 6.45) is 0.462. The van der Waals surface area contributed by atoms with E-state index in [0.717, 1.165) is 6.42 Å². The molecule has 6 heteroatoms. The Balaban J connectivity index is 1.96. The topological polar surface area (TPSA) is 84.7 Å². The number of nitrogens with one attached hydrogen (secondary N) is 1. The van der Waals surface area contributed by atoms with E-state index in [4.69, 9.17) is 10.6 Å². The summed E-state index contributed by atoms with van der Waals surface area (Å²) in [5.41, 5.74) is 1.22. The van der Waals surface area contributed by atoms with Crippen LogP contribution < -0.4 is 11.3 Å². The molecule has 17 heavy (non-hydrogen) atoms. The molecule has 1 saturated heterocycles. The first-order valence-electron chi connectivity index (χ1n) is 5.77. The van der Waals surface area contributed by atoms with Crippen LogP contribution in [0.3, 0.4) is 0 Å². The molecular weight excluding hydrogens is 222 g/mol. The maximum Gasteiger partial charge on any atom is 0.410 e. The first-order chi connectivity index (χ1) is 7.78. The predicted octanol–water partition coefficient (Wildman–Crippen LogP) is 0.233. The van der Waals surface area contributed by atoms with Gasteiger partial charge < -0.3 is 9.64 Å². The fraction of sp³-hybridized carbons (Fsp3) is 0.818. The third kappa shape index (κ3) is 2.09. The van der Waals surface area contributed by atoms with Crippen molar-refractivity contribution in [3.05, 3.63) is 0 Å². The quantitative estimate of drug-likeness (QED) is 0.391. The average Bonchev–Trinajstić information content (AvgIpc) is 2.78. The number of nitrogens with zero attached hydrogens (tertiary/aromatic N) is 1. The van der Waals surface area contributed by atoms with Gasteiger partial charge in [-0.1, -0.05) is 0 Å². The van der Waals surface area contributed by atoms with Crippen LogP contribution in [0.5, 0.6) is 0 Å². The highest BCUT2D eigenvalue weighted by Crippen LogP contribution is 2.57. The Morgan fingerprint density at radius 2 is 2.12 bits per heavy atom. The van der Waals surface area contributed by atoms with Crippen LogP contribution >= 0.6 is 0 Å². The van der Waals surface area contributed by atoms with E-state index in [1.807, 2.05) is 20.8 Å². The van der Waals surface area contributed by atoms with E-state index in [2.05, 4.69) is 5.43 Å². The Hall–Kier alpha value is -1.30. The third-order valence-corrected chi connectivity index (χ3v) is 3.38. The molecule has 2 rings (SSSR count). The van der Waals surface area contributed by atoms with Gasteiger partial charge in [-0.2, -0.15) is 0 Å². The molecule has 96 valence electrons. The Labute approximate surface area is 100 Å². The second-order valence-electron chi connectivity index (χ2n) is 5.89. The van der Waals surface area contributed by atoms with Gasteiger partial charge in [-0.15, -0.1) is 0 Å². The number of piperidine rings is 1. The molecule has 2 unspecified atom stereocenters. The van der Waals surface area contributed by atoms with Crippen molar-refractivity contribution in [2.45, 2.75) is 32.8 Å². The largest absolute Gasteiger partial charge is 0.444 e. The first-order valence-corrected chi connectivity index (χ1v) is 5.77. The van der Waals surface area contributed by atoms with Crippen molar-refractivity contribution in [1.29, 1.82) is 0 Å². The van der Waals surface area contributed by atoms with Gasteiger partial charge in [-0.25, -0.2) is 10.6 Å². The molecule has 0 aromatic heterocycles. The molecule has 1 saturated carbocycles. The van der Waals surface area contributed by atoms with Crippen molar-refractivity contribution in [1.82, 2.24) is 10.3 Å². The van der Waals surface area contributed by atoms with Gasteiger partial charge in [0.2, 0.25) is 5.91 Å². The number of hydrogen-bond donors (Lipinski definition) is 2. The van der Waals surface area contributed by atoms with Crippen LogP contribution in [-0.4, -0.2) is 35.6 Å². The summed E-state index contributed by atoms with van der Waals surface area (Å²) < 4.78 is 5.27. The van der Waals surface area contributed by atoms with E-state index in [1.165, 1.54) is 0 Å². The second-order valence-corrected chi connectivity index (χ2v) is 5.89. The number of carbonyl (C=O) groups is 2. The molecular formula is C11H19N3O3. The molecule has 2 amide bonds. The number of nitrogens with two attached hydrogens (primary N) is 1. The standard InChI is InChI=1S/C11H19N3O3/c1-10(2,3)17-9(16)14-5-7-4-11(7,6-14)8(15)13-12/h7H,4-6,12H2,1-3H3,(H,13,15). The number of carbonyl (C=O) groups excluding carboxylic acids is 2. The molecule has 0 aromatic carbocycles. The third-order valence-electron chi connectivity index (χ3n) is 3.38. The number of ether oxygens (including phenoxy) is 1. The summed E-state index contributed by atoms with van der Waals surface area (Å²) >= 11 is 0. The van der Waals surface area contributed by atoms with Gasteiger partial charge in [0.15, 0.2) is 0 Å². The number of amides is 2. The van der Waals surface area contributed by atoms with Crippen LogP contribution in [0.2, 0.25) is 0 Å². The Kier molecular flexibility index (Phi) is 2.57. The lowest BCUT2D eigenvalue weighted by molar-refractivity contribution is -0.126. The monoisotopic (exact) mass is 241 g/mol. The molecule has 2 aliphatic rings. The SMILES string of the molecule is CC(C)(C)OC(=O)N1CC2CC2(C(=O)NN)C1. The lowest BCUT2D eigenvalue weighted by atomic mass is 10.1. The van der Waals surface area contributed by atoms with Gasteiger partial charge >= 0.3 is 6.09 Å². The summed E-state index contributed by atoms with van der Waals surface area (Å²) in [5, 5.41) is 0. The molecule has 6 nitrogen and oxygen atoms in total. The van der Waals surface area contributed by atoms with Gasteiger partial charge in [0, 0.05) is 13.1 Å². The highest BCUT2D eigenvalue weighted by molar-refractivity contribution is 5.87. The van der Waals surface area contributed by atoms with E-state index in [9.17, 15) is 9.59 Å². The summed E-state index contributed by atoms with van der Waals surface area (Å²) in [7, 11) is 0. The molecule has 2 atom stereocenters. The van der Waals surface area contributed by atoms with Crippen molar-refractivity contribution in [3.8, 4) is 0 Å². The van der Waals surface area contributed by atoms with Gasteiger partial charge in [0.05, 0.1) is 5.41 Å². The lowest BCUT2D eigenvalue weighted by Crippen LogP contribution is -2.42. The maximum absolute atomic E-state index is 11.8. The molecule has 1 heterocycles. The van der Waals surface area contributed by atoms with Crippen molar-refractivity contribution in [3.63, 3.8) is 0 Å². The molecule has 0 radical (unpaired) electrons. The van der Waals surface area contributed by atoms with E-state index >= 15 is 0 Å². The van der Waals surface area contributed by atoms with Crippen molar-refractivity contribution >= 4 is 12.0 Å². The fourth-order valence-electron chi connectivity index (χ4n) is 2.44. The molecule has 0 aromatic rings. The number of rotatable bonds is 1. The number of fused-ring (bicyclic) bond motifs is 1. The zero-order valence-electron chi connectivity index (χ0n) is 10.4. The zero-order chi connectivity index (χ0) is 12.8.